The second-order valence-corrected chi connectivity index (χ2v) is 14.0. The normalized spacial score (nSPS) is 22.9. The van der Waals surface area contributed by atoms with E-state index in [1.807, 2.05) is 6.07 Å². The van der Waals surface area contributed by atoms with Gasteiger partial charge in [-0.05, 0) is 89.7 Å². The van der Waals surface area contributed by atoms with Crippen LogP contribution in [0.25, 0.3) is 0 Å². The molecule has 2 aromatic rings. The van der Waals surface area contributed by atoms with Gasteiger partial charge in [-0.25, -0.2) is 8.78 Å². The van der Waals surface area contributed by atoms with E-state index in [2.05, 4.69) is 53.1 Å². The zero-order valence-electron chi connectivity index (χ0n) is 28.5. The summed E-state index contributed by atoms with van der Waals surface area (Å²) in [5.41, 5.74) is 1.01. The Morgan fingerprint density at radius 3 is 1.81 bits per heavy atom. The van der Waals surface area contributed by atoms with Crippen LogP contribution in [0.5, 0.6) is 0 Å². The molecule has 0 spiro atoms. The van der Waals surface area contributed by atoms with Crippen LogP contribution in [0.15, 0.2) is 48.5 Å². The molecule has 2 aromatic carbocycles. The summed E-state index contributed by atoms with van der Waals surface area (Å²) in [4.78, 5) is 33.9. The molecule has 2 heterocycles. The van der Waals surface area contributed by atoms with Gasteiger partial charge in [0.05, 0.1) is 11.4 Å². The number of anilines is 2. The number of piperazine rings is 2. The van der Waals surface area contributed by atoms with Crippen LogP contribution >= 0.6 is 11.6 Å². The third-order valence-corrected chi connectivity index (χ3v) is 10.4. The maximum Gasteiger partial charge on any atom is 0.230 e. The topological polar surface area (TPSA) is 62.4 Å². The van der Waals surface area contributed by atoms with Crippen molar-refractivity contribution in [2.75, 3.05) is 90.8 Å². The predicted molar refractivity (Wildman–Crippen MR) is 187 cm³/mol. The maximum atomic E-state index is 14.3. The Bertz CT molecular complexity index is 1300. The molecule has 0 aromatic heterocycles. The molecule has 1 N–H and O–H groups in total. The van der Waals surface area contributed by atoms with Crippen LogP contribution < -0.4 is 10.2 Å². The Morgan fingerprint density at radius 2 is 1.30 bits per heavy atom. The number of carbonyl (C=O) groups is 2. The molecule has 2 saturated heterocycles. The number of hydrogen-bond acceptors (Lipinski definition) is 7. The number of para-hydroxylation sites is 2. The molecule has 4 fully saturated rings. The highest BCUT2D eigenvalue weighted by Crippen LogP contribution is 2.32. The van der Waals surface area contributed by atoms with E-state index in [0.717, 1.165) is 77.9 Å². The smallest absolute Gasteiger partial charge is 0.230 e. The number of carbonyl (C=O) groups excluding carboxylic acids is 2. The fourth-order valence-electron chi connectivity index (χ4n) is 6.15. The molecule has 47 heavy (non-hydrogen) atoms. The molecule has 260 valence electrons. The van der Waals surface area contributed by atoms with E-state index < -0.39 is 0 Å². The number of halogens is 3. The molecule has 2 aliphatic heterocycles. The number of rotatable bonds is 8. The molecule has 11 heteroatoms. The van der Waals surface area contributed by atoms with Gasteiger partial charge in [-0.1, -0.05) is 37.1 Å². The number of nitrogens with zero attached hydrogens (tertiary/aromatic N) is 5. The largest absolute Gasteiger partial charge is 0.381 e. The molecular weight excluding hydrogens is 622 g/mol. The van der Waals surface area contributed by atoms with Gasteiger partial charge in [-0.3, -0.25) is 19.4 Å². The van der Waals surface area contributed by atoms with E-state index in [4.69, 9.17) is 11.6 Å². The van der Waals surface area contributed by atoms with Crippen molar-refractivity contribution in [1.82, 2.24) is 19.6 Å². The van der Waals surface area contributed by atoms with Crippen LogP contribution in [-0.2, 0) is 9.59 Å². The monoisotopic (exact) mass is 674 g/mol. The Balaban J connectivity index is 0.000000182. The lowest BCUT2D eigenvalue weighted by atomic mass is 9.84. The van der Waals surface area contributed by atoms with Crippen molar-refractivity contribution in [2.24, 2.45) is 11.8 Å². The predicted octanol–water partition coefficient (Wildman–Crippen LogP) is 5.24. The second kappa shape index (κ2) is 18.2. The number of amides is 1. The van der Waals surface area contributed by atoms with Gasteiger partial charge < -0.3 is 20.0 Å². The lowest BCUT2D eigenvalue weighted by Crippen LogP contribution is -2.56. The quantitative estimate of drug-likeness (QED) is 0.385. The van der Waals surface area contributed by atoms with Crippen molar-refractivity contribution >= 4 is 34.1 Å². The van der Waals surface area contributed by atoms with Crippen molar-refractivity contribution in [1.29, 1.82) is 0 Å². The molecule has 0 bridgehead atoms. The lowest BCUT2D eigenvalue weighted by molar-refractivity contribution is -0.125. The molecule has 1 amide bonds. The molecular formula is C36H53ClF2N6O2. The first-order chi connectivity index (χ1) is 22.5. The van der Waals surface area contributed by atoms with Crippen LogP contribution in [0.1, 0.15) is 38.5 Å². The highest BCUT2D eigenvalue weighted by molar-refractivity contribution is 6.64. The van der Waals surface area contributed by atoms with Gasteiger partial charge in [0.15, 0.2) is 0 Å². The van der Waals surface area contributed by atoms with E-state index in [9.17, 15) is 18.4 Å². The zero-order valence-corrected chi connectivity index (χ0v) is 29.3. The fourth-order valence-corrected chi connectivity index (χ4v) is 6.37. The number of nitrogens with one attached hydrogen (secondary N) is 1. The third-order valence-electron chi connectivity index (χ3n) is 10.0. The fraction of sp³-hybridized carbons (Fsp3) is 0.611. The summed E-state index contributed by atoms with van der Waals surface area (Å²) in [6.07, 6.45) is 6.19. The van der Waals surface area contributed by atoms with Crippen LogP contribution in [0.2, 0.25) is 0 Å². The van der Waals surface area contributed by atoms with E-state index >= 15 is 0 Å². The Hall–Kier alpha value is -2.63. The Morgan fingerprint density at radius 1 is 0.766 bits per heavy atom. The van der Waals surface area contributed by atoms with Gasteiger partial charge in [-0.2, -0.15) is 0 Å². The van der Waals surface area contributed by atoms with E-state index in [-0.39, 0.29) is 40.7 Å². The number of hydrogen-bond donors (Lipinski definition) is 1. The summed E-state index contributed by atoms with van der Waals surface area (Å²) < 4.78 is 27.7. The van der Waals surface area contributed by atoms with E-state index in [1.165, 1.54) is 18.6 Å². The molecule has 6 rings (SSSR count). The van der Waals surface area contributed by atoms with Crippen LogP contribution in [0.3, 0.4) is 0 Å². The third kappa shape index (κ3) is 10.9. The molecule has 0 radical (unpaired) electrons. The second-order valence-electron chi connectivity index (χ2n) is 13.6. The van der Waals surface area contributed by atoms with Gasteiger partial charge >= 0.3 is 0 Å². The van der Waals surface area contributed by atoms with E-state index in [1.54, 1.807) is 35.2 Å². The van der Waals surface area contributed by atoms with Crippen molar-refractivity contribution in [2.45, 2.75) is 50.6 Å². The van der Waals surface area contributed by atoms with Gasteiger partial charge in [0.25, 0.3) is 0 Å². The minimum Gasteiger partial charge on any atom is -0.381 e. The summed E-state index contributed by atoms with van der Waals surface area (Å²) in [6, 6.07) is 14.1. The molecule has 2 atom stereocenters. The molecule has 2 unspecified atom stereocenters. The minimum absolute atomic E-state index is 0.0706. The van der Waals surface area contributed by atoms with Gasteiger partial charge in [-0.15, -0.1) is 0 Å². The molecule has 2 aliphatic carbocycles. The summed E-state index contributed by atoms with van der Waals surface area (Å²) in [7, 11) is 8.44. The van der Waals surface area contributed by atoms with Gasteiger partial charge in [0, 0.05) is 76.3 Å². The van der Waals surface area contributed by atoms with Gasteiger partial charge in [0.1, 0.15) is 11.6 Å². The van der Waals surface area contributed by atoms with Crippen molar-refractivity contribution in [3.05, 3.63) is 60.2 Å². The first kappa shape index (κ1) is 37.2. The number of benzene rings is 2. The van der Waals surface area contributed by atoms with Crippen molar-refractivity contribution in [3.8, 4) is 0 Å². The lowest BCUT2D eigenvalue weighted by Gasteiger charge is -2.41. The standard InChI is InChI=1S/C18H26FN3O.C13H20FN3.C5H7ClO/c1-20-10-11-21(2)15(12-20)13-22(18(23)14-6-5-7-14)17-9-4-3-8-16(17)19;1-16-7-8-17(2)11(10-16)9-15-13-6-4-3-5-12(13)14;6-5(7)4-2-1-3-4/h3-4,8-9,14-15H,5-7,10-13H2,1-2H3;3-6,11,15H,7-10H2,1-2H3;4H,1-3H2. The van der Waals surface area contributed by atoms with Crippen molar-refractivity contribution < 1.29 is 18.4 Å². The van der Waals surface area contributed by atoms with E-state index in [0.29, 0.717) is 24.0 Å². The summed E-state index contributed by atoms with van der Waals surface area (Å²) in [6.45, 7) is 7.44. The summed E-state index contributed by atoms with van der Waals surface area (Å²) in [5.74, 6) is -0.128. The SMILES string of the molecule is CN1CCN(C)C(CN(C(=O)C2CCC2)c2ccccc2F)C1.CN1CCN(C)C(CNc2ccccc2F)C1.O=C(Cl)C1CCC1. The highest BCUT2D eigenvalue weighted by atomic mass is 35.5. The summed E-state index contributed by atoms with van der Waals surface area (Å²) >= 11 is 5.14. The van der Waals surface area contributed by atoms with Crippen LogP contribution in [-0.4, -0.2) is 123 Å². The van der Waals surface area contributed by atoms with Crippen LogP contribution in [0.4, 0.5) is 20.2 Å². The first-order valence-electron chi connectivity index (χ1n) is 17.0. The Kier molecular flexibility index (Phi) is 14.4. The summed E-state index contributed by atoms with van der Waals surface area (Å²) in [5, 5.41) is 3.04. The highest BCUT2D eigenvalue weighted by Gasteiger charge is 2.34. The van der Waals surface area contributed by atoms with Crippen LogP contribution in [0, 0.1) is 23.5 Å². The Labute approximate surface area is 285 Å². The van der Waals surface area contributed by atoms with Gasteiger partial charge in [0.2, 0.25) is 11.1 Å². The number of likely N-dealkylation sites (N-methyl/N-ethyl adjacent to an activating group) is 4. The molecule has 4 aliphatic rings. The average molecular weight is 675 g/mol. The average Bonchev–Trinajstić information content (AvgIpc) is 2.98. The minimum atomic E-state index is -0.313. The molecule has 2 saturated carbocycles. The maximum absolute atomic E-state index is 14.3. The zero-order chi connectivity index (χ0) is 33.9. The first-order valence-corrected chi connectivity index (χ1v) is 17.4. The van der Waals surface area contributed by atoms with Crippen molar-refractivity contribution in [3.63, 3.8) is 0 Å². The molecule has 8 nitrogen and oxygen atoms in total.